The summed E-state index contributed by atoms with van der Waals surface area (Å²) in [6.07, 6.45) is 2.46. The van der Waals surface area contributed by atoms with Gasteiger partial charge in [-0.3, -0.25) is 4.79 Å². The first-order chi connectivity index (χ1) is 17.6. The van der Waals surface area contributed by atoms with Crippen molar-refractivity contribution in [3.05, 3.63) is 89.7 Å². The number of methoxy groups -OCH3 is 1. The van der Waals surface area contributed by atoms with E-state index in [1.54, 1.807) is 13.4 Å². The zero-order valence-corrected chi connectivity index (χ0v) is 20.3. The molecule has 3 N–H and O–H groups in total. The lowest BCUT2D eigenvalue weighted by Crippen LogP contribution is -2.14. The summed E-state index contributed by atoms with van der Waals surface area (Å²) in [6.45, 7) is 1.06. The van der Waals surface area contributed by atoms with Gasteiger partial charge in [-0.2, -0.15) is 0 Å². The topological polar surface area (TPSA) is 104 Å². The normalized spacial score (nSPS) is 12.0. The zero-order valence-electron chi connectivity index (χ0n) is 20.3. The number of carbonyl (C=O) groups is 1. The van der Waals surface area contributed by atoms with Gasteiger partial charge < -0.3 is 29.5 Å². The average Bonchev–Trinajstić information content (AvgIpc) is 3.38. The molecule has 7 nitrogen and oxygen atoms in total. The van der Waals surface area contributed by atoms with Crippen molar-refractivity contribution in [2.75, 3.05) is 26.9 Å². The number of esters is 1. The van der Waals surface area contributed by atoms with E-state index in [4.69, 9.17) is 24.4 Å². The molecule has 1 heterocycles. The summed E-state index contributed by atoms with van der Waals surface area (Å²) in [5.41, 5.74) is 11.2. The molecular formula is C29H31NO6. The fraction of sp³-hybridized carbons (Fsp3) is 0.276. The van der Waals surface area contributed by atoms with E-state index in [0.29, 0.717) is 32.0 Å². The Hall–Kier alpha value is -3.65. The molecule has 0 saturated carbocycles. The van der Waals surface area contributed by atoms with Crippen LogP contribution in [0.15, 0.2) is 77.4 Å². The molecule has 7 heteroatoms. The van der Waals surface area contributed by atoms with Crippen LogP contribution in [0.3, 0.4) is 0 Å². The van der Waals surface area contributed by atoms with Gasteiger partial charge in [0.15, 0.2) is 0 Å². The van der Waals surface area contributed by atoms with Crippen LogP contribution in [0.5, 0.6) is 5.75 Å². The Kier molecular flexibility index (Phi) is 8.73. The molecule has 0 amide bonds. The molecule has 0 aliphatic heterocycles. The van der Waals surface area contributed by atoms with Crippen molar-refractivity contribution in [3.8, 4) is 16.9 Å². The predicted molar refractivity (Wildman–Crippen MR) is 138 cm³/mol. The van der Waals surface area contributed by atoms with Gasteiger partial charge in [0.05, 0.1) is 31.9 Å². The largest absolute Gasteiger partial charge is 0.489 e. The van der Waals surface area contributed by atoms with Gasteiger partial charge in [0.25, 0.3) is 0 Å². The van der Waals surface area contributed by atoms with Gasteiger partial charge >= 0.3 is 5.97 Å². The maximum absolute atomic E-state index is 12.3. The van der Waals surface area contributed by atoms with Crippen LogP contribution >= 0.6 is 0 Å². The van der Waals surface area contributed by atoms with Crippen LogP contribution in [-0.2, 0) is 27.3 Å². The second-order valence-corrected chi connectivity index (χ2v) is 8.54. The summed E-state index contributed by atoms with van der Waals surface area (Å²) in [4.78, 5) is 12.3. The lowest BCUT2D eigenvalue weighted by atomic mass is 9.97. The van der Waals surface area contributed by atoms with Gasteiger partial charge in [0, 0.05) is 36.7 Å². The molecule has 188 valence electrons. The molecule has 1 atom stereocenters. The first-order valence-corrected chi connectivity index (χ1v) is 11.9. The number of fused-ring (bicyclic) bond motifs is 1. The Labute approximate surface area is 210 Å². The molecule has 0 radical (unpaired) electrons. The smallest absolute Gasteiger partial charge is 0.310 e. The number of para-hydroxylation sites is 1. The third kappa shape index (κ3) is 6.31. The summed E-state index contributed by atoms with van der Waals surface area (Å²) >= 11 is 0. The van der Waals surface area contributed by atoms with Crippen LogP contribution in [0.4, 0.5) is 0 Å². The Balaban J connectivity index is 1.52. The van der Waals surface area contributed by atoms with Gasteiger partial charge in [-0.15, -0.1) is 0 Å². The van der Waals surface area contributed by atoms with E-state index in [1.807, 2.05) is 66.7 Å². The number of nitrogens with two attached hydrogens (primary N) is 1. The van der Waals surface area contributed by atoms with Crippen LogP contribution in [0, 0.1) is 0 Å². The third-order valence-corrected chi connectivity index (χ3v) is 5.89. The molecule has 4 aromatic rings. The number of aliphatic hydroxyl groups excluding tert-OH is 1. The minimum absolute atomic E-state index is 0.131. The van der Waals surface area contributed by atoms with Crippen LogP contribution < -0.4 is 10.5 Å². The van der Waals surface area contributed by atoms with Gasteiger partial charge in [0.2, 0.25) is 0 Å². The predicted octanol–water partition coefficient (Wildman–Crippen LogP) is 4.79. The molecule has 36 heavy (non-hydrogen) atoms. The number of furan rings is 1. The number of ether oxygens (including phenoxy) is 3. The second-order valence-electron chi connectivity index (χ2n) is 8.54. The number of carbonyl (C=O) groups excluding carboxylic acids is 1. The van der Waals surface area contributed by atoms with E-state index in [-0.39, 0.29) is 19.0 Å². The summed E-state index contributed by atoms with van der Waals surface area (Å²) in [5, 5.41) is 10.4. The van der Waals surface area contributed by atoms with E-state index in [2.05, 4.69) is 0 Å². The first-order valence-electron chi connectivity index (χ1n) is 11.9. The van der Waals surface area contributed by atoms with Crippen molar-refractivity contribution in [1.82, 2.24) is 0 Å². The van der Waals surface area contributed by atoms with Crippen molar-refractivity contribution in [3.63, 3.8) is 0 Å². The Morgan fingerprint density at radius 3 is 2.75 bits per heavy atom. The monoisotopic (exact) mass is 489 g/mol. The summed E-state index contributed by atoms with van der Waals surface area (Å²) in [7, 11) is 1.62. The maximum Gasteiger partial charge on any atom is 0.310 e. The fourth-order valence-electron chi connectivity index (χ4n) is 4.03. The van der Waals surface area contributed by atoms with Crippen molar-refractivity contribution in [2.24, 2.45) is 5.73 Å². The highest BCUT2D eigenvalue weighted by Gasteiger charge is 2.14. The number of rotatable bonds is 12. The summed E-state index contributed by atoms with van der Waals surface area (Å²) in [6, 6.07) is 20.8. The standard InChI is InChI=1S/C29H31NO6/c1-33-11-5-12-34-28(32)17-23-6-2-3-9-27(23)36-19-20-14-24-10-13-35-29(24)25(15-20)21-7-4-8-22(16-21)26(30)18-31/h2-4,6-10,13-16,26,31H,5,11-12,17-19,30H2,1H3/t26-/m1/s1. The minimum atomic E-state index is -0.452. The molecule has 0 aliphatic carbocycles. The Morgan fingerprint density at radius 1 is 1.06 bits per heavy atom. The van der Waals surface area contributed by atoms with E-state index in [1.165, 1.54) is 0 Å². The molecule has 0 saturated heterocycles. The van der Waals surface area contributed by atoms with E-state index in [0.717, 1.165) is 38.8 Å². The summed E-state index contributed by atoms with van der Waals surface area (Å²) in [5.74, 6) is 0.335. The lowest BCUT2D eigenvalue weighted by Gasteiger charge is -2.14. The van der Waals surface area contributed by atoms with Gasteiger partial charge in [-0.25, -0.2) is 0 Å². The molecule has 0 fully saturated rings. The maximum atomic E-state index is 12.3. The van der Waals surface area contributed by atoms with Crippen molar-refractivity contribution in [2.45, 2.75) is 25.5 Å². The molecule has 0 aliphatic rings. The SMILES string of the molecule is COCCCOC(=O)Cc1ccccc1OCc1cc(-c2cccc([C@H](N)CO)c2)c2occc2c1. The molecule has 1 aromatic heterocycles. The highest BCUT2D eigenvalue weighted by molar-refractivity contribution is 5.93. The highest BCUT2D eigenvalue weighted by atomic mass is 16.5. The Morgan fingerprint density at radius 2 is 1.92 bits per heavy atom. The van der Waals surface area contributed by atoms with E-state index < -0.39 is 6.04 Å². The zero-order chi connectivity index (χ0) is 25.3. The van der Waals surface area contributed by atoms with Crippen molar-refractivity contribution in [1.29, 1.82) is 0 Å². The quantitative estimate of drug-likeness (QED) is 0.218. The van der Waals surface area contributed by atoms with Crippen LogP contribution in [0.2, 0.25) is 0 Å². The van der Waals surface area contributed by atoms with Crippen molar-refractivity contribution >= 4 is 16.9 Å². The molecule has 0 bridgehead atoms. The number of hydrogen-bond acceptors (Lipinski definition) is 7. The van der Waals surface area contributed by atoms with Crippen LogP contribution in [0.1, 0.15) is 29.2 Å². The summed E-state index contributed by atoms with van der Waals surface area (Å²) < 4.78 is 22.2. The molecule has 3 aromatic carbocycles. The number of aliphatic hydroxyl groups is 1. The van der Waals surface area contributed by atoms with Crippen LogP contribution in [-0.4, -0.2) is 38.0 Å². The Bertz CT molecular complexity index is 1300. The van der Waals surface area contributed by atoms with Gasteiger partial charge in [0.1, 0.15) is 17.9 Å². The van der Waals surface area contributed by atoms with E-state index in [9.17, 15) is 9.90 Å². The van der Waals surface area contributed by atoms with Crippen LogP contribution in [0.25, 0.3) is 22.1 Å². The minimum Gasteiger partial charge on any atom is -0.489 e. The first kappa shape index (κ1) is 25.4. The molecule has 0 unspecified atom stereocenters. The fourth-order valence-corrected chi connectivity index (χ4v) is 4.03. The average molecular weight is 490 g/mol. The van der Waals surface area contributed by atoms with Gasteiger partial charge in [-0.1, -0.05) is 36.4 Å². The van der Waals surface area contributed by atoms with E-state index >= 15 is 0 Å². The third-order valence-electron chi connectivity index (χ3n) is 5.89. The second kappa shape index (κ2) is 12.4. The number of benzene rings is 3. The highest BCUT2D eigenvalue weighted by Crippen LogP contribution is 2.33. The molecule has 0 spiro atoms. The number of hydrogen-bond donors (Lipinski definition) is 2. The molecule has 4 rings (SSSR count). The van der Waals surface area contributed by atoms with Gasteiger partial charge in [-0.05, 0) is 47.0 Å². The van der Waals surface area contributed by atoms with Crippen molar-refractivity contribution < 1.29 is 28.5 Å². The molecular weight excluding hydrogens is 458 g/mol. The lowest BCUT2D eigenvalue weighted by molar-refractivity contribution is -0.143.